The van der Waals surface area contributed by atoms with Crippen molar-refractivity contribution in [1.29, 1.82) is 0 Å². The number of hydrogen-bond acceptors (Lipinski definition) is 24. The Hall–Kier alpha value is -2.53. The van der Waals surface area contributed by atoms with Crippen molar-refractivity contribution < 1.29 is 122 Å². The molecule has 3 fully saturated rings. The van der Waals surface area contributed by atoms with E-state index < -0.39 is 162 Å². The fourth-order valence-electron chi connectivity index (χ4n) is 16.4. The van der Waals surface area contributed by atoms with Crippen LogP contribution in [0, 0.1) is 0 Å². The summed E-state index contributed by atoms with van der Waals surface area (Å²) in [5, 5.41) is 102. The van der Waals surface area contributed by atoms with Crippen molar-refractivity contribution in [3.8, 4) is 0 Å². The summed E-state index contributed by atoms with van der Waals surface area (Å²) in [5.74, 6) is -2.94. The van der Waals surface area contributed by atoms with Gasteiger partial charge in [0.25, 0.3) is 0 Å². The summed E-state index contributed by atoms with van der Waals surface area (Å²) in [6, 6.07) is 0. The van der Waals surface area contributed by atoms with E-state index in [0.717, 1.165) is 128 Å². The zero-order valence-corrected chi connectivity index (χ0v) is 75.8. The lowest BCUT2D eigenvalue weighted by atomic mass is 9.84. The van der Waals surface area contributed by atoms with Gasteiger partial charge in [-0.05, 0) is 25.7 Å². The largest absolute Gasteiger partial charge is 0.472 e. The van der Waals surface area contributed by atoms with Crippen LogP contribution in [0.1, 0.15) is 439 Å². The molecule has 2 aliphatic heterocycles. The topological polar surface area (TPSA) is 380 Å². The highest BCUT2D eigenvalue weighted by Gasteiger charge is 2.60. The molecule has 0 bridgehead atoms. The quantitative estimate of drug-likeness (QED) is 0.0117. The summed E-state index contributed by atoms with van der Waals surface area (Å²) in [5.41, 5.74) is 0. The van der Waals surface area contributed by atoms with Crippen LogP contribution in [0.3, 0.4) is 0 Å². The molecule has 18 atom stereocenters. The van der Waals surface area contributed by atoms with Gasteiger partial charge in [-0.3, -0.25) is 28.2 Å². The summed E-state index contributed by atoms with van der Waals surface area (Å²) < 4.78 is 73.5. The first-order valence-corrected chi connectivity index (χ1v) is 50.3. The van der Waals surface area contributed by atoms with Crippen LogP contribution in [0.5, 0.6) is 0 Å². The maximum Gasteiger partial charge on any atom is 0.472 e. The van der Waals surface area contributed by atoms with Gasteiger partial charge in [0.1, 0.15) is 92.6 Å². The van der Waals surface area contributed by atoms with E-state index in [2.05, 4.69) is 27.7 Å². The van der Waals surface area contributed by atoms with Gasteiger partial charge in [0.2, 0.25) is 0 Å². The second kappa shape index (κ2) is 72.5. The molecule has 1 saturated carbocycles. The van der Waals surface area contributed by atoms with Crippen LogP contribution in [0.15, 0.2) is 0 Å². The minimum atomic E-state index is -5.80. The number of ether oxygens (including phenoxy) is 8. The van der Waals surface area contributed by atoms with Crippen LogP contribution in [-0.4, -0.2) is 205 Å². The average molecular weight is 1720 g/mol. The van der Waals surface area contributed by atoms with E-state index in [0.29, 0.717) is 32.1 Å². The van der Waals surface area contributed by atoms with E-state index in [4.69, 9.17) is 46.9 Å². The molecule has 0 aromatic heterocycles. The first-order chi connectivity index (χ1) is 57.7. The Morgan fingerprint density at radius 3 is 0.916 bits per heavy atom. The molecule has 26 heteroatoms. The van der Waals surface area contributed by atoms with Crippen molar-refractivity contribution in [3.05, 3.63) is 0 Å². The van der Waals surface area contributed by atoms with Crippen LogP contribution in [-0.2, 0) is 70.7 Å². The van der Waals surface area contributed by atoms with Crippen molar-refractivity contribution in [1.82, 2.24) is 0 Å². The van der Waals surface area contributed by atoms with E-state index in [1.807, 2.05) is 0 Å². The molecular formula is C93H175O25P. The molecule has 0 aromatic rings. The molecular weight excluding hydrogens is 1550 g/mol. The van der Waals surface area contributed by atoms with Gasteiger partial charge in [-0.1, -0.05) is 387 Å². The Labute approximate surface area is 719 Å². The molecule has 0 spiro atoms. The van der Waals surface area contributed by atoms with Crippen molar-refractivity contribution in [2.24, 2.45) is 0 Å². The highest BCUT2D eigenvalue weighted by molar-refractivity contribution is 7.47. The number of esters is 4. The number of carbonyl (C=O) groups excluding carboxylic acids is 4. The third kappa shape index (κ3) is 52.4. The van der Waals surface area contributed by atoms with Crippen LogP contribution < -0.4 is 0 Å². The van der Waals surface area contributed by atoms with Gasteiger partial charge in [-0.2, -0.15) is 0 Å². The molecule has 18 unspecified atom stereocenters. The number of aliphatic hydroxyl groups is 9. The first-order valence-electron chi connectivity index (χ1n) is 48.8. The lowest BCUT2D eigenvalue weighted by molar-refractivity contribution is -0.360. The molecule has 3 aliphatic rings. The summed E-state index contributed by atoms with van der Waals surface area (Å²) >= 11 is 0. The van der Waals surface area contributed by atoms with E-state index >= 15 is 0 Å². The molecule has 0 radical (unpaired) electrons. The van der Waals surface area contributed by atoms with Crippen LogP contribution in [0.25, 0.3) is 0 Å². The summed E-state index contributed by atoms with van der Waals surface area (Å²) in [6.45, 7) is 5.65. The number of carbonyl (C=O) groups is 4. The molecule has 3 rings (SSSR count). The molecule has 25 nitrogen and oxygen atoms in total. The first kappa shape index (κ1) is 111. The Morgan fingerprint density at radius 2 is 0.580 bits per heavy atom. The molecule has 0 aromatic carbocycles. The SMILES string of the molecule is CCCCCCCCCCCCCCCCCCC(=O)OCC1OC(OC2C(OC(=O)CCCCCCCCCCCCCCC)C(O)C(O)C(OC3OC(CO)C(O)C(O)C3O)C2OP(=O)(O)OCC(COC(=O)CCCCCCCCCCCCCCCCC)OC(=O)CCCCCCCCCCCCCCCCCC)C(O)C(O)C1O. The van der Waals surface area contributed by atoms with E-state index in [-0.39, 0.29) is 25.7 Å². The Bertz CT molecular complexity index is 2470. The Balaban J connectivity index is 1.89. The van der Waals surface area contributed by atoms with Crippen molar-refractivity contribution in [2.75, 3.05) is 26.4 Å². The van der Waals surface area contributed by atoms with E-state index in [1.54, 1.807) is 0 Å². The predicted molar refractivity (Wildman–Crippen MR) is 463 cm³/mol. The minimum absolute atomic E-state index is 0.0205. The molecule has 1 aliphatic carbocycles. The molecule has 2 saturated heterocycles. The van der Waals surface area contributed by atoms with Gasteiger partial charge < -0.3 is 88.7 Å². The van der Waals surface area contributed by atoms with Crippen LogP contribution in [0.2, 0.25) is 0 Å². The van der Waals surface area contributed by atoms with Crippen molar-refractivity contribution >= 4 is 31.7 Å². The highest BCUT2D eigenvalue weighted by Crippen LogP contribution is 2.49. The Morgan fingerprint density at radius 1 is 0.303 bits per heavy atom. The number of rotatable bonds is 80. The predicted octanol–water partition coefficient (Wildman–Crippen LogP) is 18.6. The van der Waals surface area contributed by atoms with Gasteiger partial charge in [0.15, 0.2) is 24.8 Å². The third-order valence-corrected chi connectivity index (χ3v) is 25.1. The second-order valence-corrected chi connectivity index (χ2v) is 36.4. The maximum absolute atomic E-state index is 14.9. The number of unbranched alkanes of at least 4 members (excludes halogenated alkanes) is 56. The van der Waals surface area contributed by atoms with Gasteiger partial charge in [0.05, 0.1) is 13.2 Å². The number of hydrogen-bond donors (Lipinski definition) is 10. The monoisotopic (exact) mass is 1720 g/mol. The summed E-state index contributed by atoms with van der Waals surface area (Å²) in [6.07, 6.45) is 30.7. The molecule has 10 N–H and O–H groups in total. The third-order valence-electron chi connectivity index (χ3n) is 24.1. The standard InChI is InChI=1S/C93H175O25P/c1-5-9-13-17-21-25-29-33-36-39-43-46-50-54-58-62-66-77(96)110-72-75-81(100)83(102)87(106)93(114-75)117-90-88(115-79(98)68-64-60-56-52-47-41-32-28-24-20-16-12-8-4)84(103)85(104)89(116-92-86(105)82(101)80(99)74(69-94)113-92)91(90)118-119(107,108)111-71-73(70-109-76(95)65-61-57-53-49-45-42-38-35-31-27-23-19-15-11-7-3)112-78(97)67-63-59-55-51-48-44-40-37-34-30-26-22-18-14-10-6-2/h73-75,80-94,99-106H,5-72H2,1-4H3,(H,107,108). The zero-order valence-electron chi connectivity index (χ0n) is 74.9. The van der Waals surface area contributed by atoms with Gasteiger partial charge in [0, 0.05) is 25.7 Å². The summed E-state index contributed by atoms with van der Waals surface area (Å²) in [4.78, 5) is 66.5. The smallest absolute Gasteiger partial charge is 0.463 e. The zero-order chi connectivity index (χ0) is 86.8. The van der Waals surface area contributed by atoms with Crippen molar-refractivity contribution in [2.45, 2.75) is 543 Å². The lowest BCUT2D eigenvalue weighted by Crippen LogP contribution is -2.70. The van der Waals surface area contributed by atoms with Gasteiger partial charge in [-0.15, -0.1) is 0 Å². The number of aliphatic hydroxyl groups excluding tert-OH is 9. The second-order valence-electron chi connectivity index (χ2n) is 35.0. The van der Waals surface area contributed by atoms with Crippen molar-refractivity contribution in [3.63, 3.8) is 0 Å². The van der Waals surface area contributed by atoms with E-state index in [9.17, 15) is 74.6 Å². The molecule has 702 valence electrons. The molecule has 0 amide bonds. The molecule has 119 heavy (non-hydrogen) atoms. The number of phosphoric acid groups is 1. The van der Waals surface area contributed by atoms with Gasteiger partial charge in [-0.25, -0.2) is 4.57 Å². The number of phosphoric ester groups is 1. The van der Waals surface area contributed by atoms with E-state index in [1.165, 1.54) is 225 Å². The molecule has 2 heterocycles. The van der Waals surface area contributed by atoms with Crippen LogP contribution in [0.4, 0.5) is 0 Å². The fraction of sp³-hybridized carbons (Fsp3) is 0.957. The maximum atomic E-state index is 14.9. The lowest BCUT2D eigenvalue weighted by Gasteiger charge is -2.50. The normalized spacial score (nSPS) is 24.8. The average Bonchev–Trinajstić information content (AvgIpc) is 0.753. The Kier molecular flexibility index (Phi) is 67.4. The summed E-state index contributed by atoms with van der Waals surface area (Å²) in [7, 11) is -5.80. The fourth-order valence-corrected chi connectivity index (χ4v) is 17.3. The highest BCUT2D eigenvalue weighted by atomic mass is 31.2. The minimum Gasteiger partial charge on any atom is -0.463 e. The van der Waals surface area contributed by atoms with Crippen LogP contribution >= 0.6 is 7.82 Å². The van der Waals surface area contributed by atoms with Gasteiger partial charge >= 0.3 is 31.7 Å².